The molecule has 0 saturated heterocycles. The van der Waals surface area contributed by atoms with E-state index in [0.717, 1.165) is 11.1 Å². The molecule has 1 aromatic heterocycles. The van der Waals surface area contributed by atoms with Crippen LogP contribution in [0, 0.1) is 0 Å². The van der Waals surface area contributed by atoms with Crippen LogP contribution in [0.25, 0.3) is 11.1 Å². The number of nitrogens with zero attached hydrogens (tertiary/aromatic N) is 2. The molecule has 0 atom stereocenters. The second kappa shape index (κ2) is 3.95. The third-order valence-electron chi connectivity index (χ3n) is 1.84. The van der Waals surface area contributed by atoms with Crippen molar-refractivity contribution in [2.45, 2.75) is 0 Å². The first-order chi connectivity index (χ1) is 6.77. The summed E-state index contributed by atoms with van der Waals surface area (Å²) in [4.78, 5) is 0. The van der Waals surface area contributed by atoms with Gasteiger partial charge in [-0.15, -0.1) is 0 Å². The van der Waals surface area contributed by atoms with Gasteiger partial charge in [-0.25, -0.2) is 0 Å². The number of benzene rings is 1. The van der Waals surface area contributed by atoms with Crippen LogP contribution in [-0.2, 0) is 0 Å². The van der Waals surface area contributed by atoms with Gasteiger partial charge in [0.15, 0.2) is 0 Å². The average molecular weight is 225 g/mol. The van der Waals surface area contributed by atoms with E-state index in [9.17, 15) is 0 Å². The van der Waals surface area contributed by atoms with E-state index in [1.807, 2.05) is 12.1 Å². The molecule has 0 N–H and O–H groups in total. The quantitative estimate of drug-likeness (QED) is 0.742. The van der Waals surface area contributed by atoms with Crippen molar-refractivity contribution in [2.24, 2.45) is 0 Å². The third kappa shape index (κ3) is 1.86. The second-order valence-corrected chi connectivity index (χ2v) is 3.57. The molecule has 2 aromatic rings. The predicted octanol–water partition coefficient (Wildman–Crippen LogP) is 3.45. The van der Waals surface area contributed by atoms with Crippen LogP contribution in [0.15, 0.2) is 36.7 Å². The first kappa shape index (κ1) is 9.44. The van der Waals surface area contributed by atoms with Crippen molar-refractivity contribution in [1.82, 2.24) is 10.2 Å². The first-order valence-corrected chi connectivity index (χ1v) is 4.75. The SMILES string of the molecule is Clc1ccc(-c2ccnnc2)cc1Cl. The Morgan fingerprint density at radius 1 is 0.857 bits per heavy atom. The Morgan fingerprint density at radius 3 is 2.36 bits per heavy atom. The highest BCUT2D eigenvalue weighted by Gasteiger charge is 2.01. The molecule has 0 aliphatic rings. The van der Waals surface area contributed by atoms with Crippen LogP contribution in [0.1, 0.15) is 0 Å². The van der Waals surface area contributed by atoms with Crippen LogP contribution in [0.4, 0.5) is 0 Å². The average Bonchev–Trinajstić information content (AvgIpc) is 2.23. The molecular weight excluding hydrogens is 219 g/mol. The van der Waals surface area contributed by atoms with Crippen LogP contribution >= 0.6 is 23.2 Å². The fourth-order valence-corrected chi connectivity index (χ4v) is 1.44. The molecule has 14 heavy (non-hydrogen) atoms. The topological polar surface area (TPSA) is 25.8 Å². The van der Waals surface area contributed by atoms with E-state index in [0.29, 0.717) is 10.0 Å². The molecule has 0 amide bonds. The second-order valence-electron chi connectivity index (χ2n) is 2.76. The summed E-state index contributed by atoms with van der Waals surface area (Å²) in [6, 6.07) is 7.33. The minimum atomic E-state index is 0.543. The Labute approximate surface area is 91.5 Å². The van der Waals surface area contributed by atoms with Gasteiger partial charge in [0.1, 0.15) is 0 Å². The van der Waals surface area contributed by atoms with Crippen LogP contribution in [0.2, 0.25) is 10.0 Å². The maximum absolute atomic E-state index is 5.90. The largest absolute Gasteiger partial charge is 0.159 e. The minimum absolute atomic E-state index is 0.543. The summed E-state index contributed by atoms with van der Waals surface area (Å²) in [5, 5.41) is 8.58. The molecule has 4 heteroatoms. The zero-order chi connectivity index (χ0) is 9.97. The van der Waals surface area contributed by atoms with E-state index in [1.165, 1.54) is 0 Å². The molecule has 0 spiro atoms. The lowest BCUT2D eigenvalue weighted by Gasteiger charge is -2.01. The highest BCUT2D eigenvalue weighted by molar-refractivity contribution is 6.42. The van der Waals surface area contributed by atoms with Crippen molar-refractivity contribution in [3.05, 3.63) is 46.7 Å². The lowest BCUT2D eigenvalue weighted by atomic mass is 10.1. The Balaban J connectivity index is 2.48. The smallest absolute Gasteiger partial charge is 0.0598 e. The normalized spacial score (nSPS) is 10.1. The summed E-state index contributed by atoms with van der Waals surface area (Å²) in [5.74, 6) is 0. The summed E-state index contributed by atoms with van der Waals surface area (Å²) in [6.07, 6.45) is 3.32. The Hall–Kier alpha value is -1.12. The maximum atomic E-state index is 5.90. The van der Waals surface area contributed by atoms with Crippen LogP contribution in [0.5, 0.6) is 0 Å². The summed E-state index contributed by atoms with van der Waals surface area (Å²) >= 11 is 11.7. The zero-order valence-electron chi connectivity index (χ0n) is 7.11. The van der Waals surface area contributed by atoms with Crippen LogP contribution in [-0.4, -0.2) is 10.2 Å². The molecule has 0 aliphatic heterocycles. The standard InChI is InChI=1S/C10H6Cl2N2/c11-9-2-1-7(5-10(9)12)8-3-4-13-14-6-8/h1-6H. The van der Waals surface area contributed by atoms with Crippen LogP contribution < -0.4 is 0 Å². The Kier molecular flexibility index (Phi) is 2.66. The zero-order valence-corrected chi connectivity index (χ0v) is 8.63. The Bertz CT molecular complexity index is 443. The van der Waals surface area contributed by atoms with Crippen molar-refractivity contribution in [2.75, 3.05) is 0 Å². The molecule has 0 aliphatic carbocycles. The minimum Gasteiger partial charge on any atom is -0.159 e. The molecule has 0 fully saturated rings. The highest BCUT2D eigenvalue weighted by atomic mass is 35.5. The molecule has 70 valence electrons. The van der Waals surface area contributed by atoms with Crippen molar-refractivity contribution >= 4 is 23.2 Å². The highest BCUT2D eigenvalue weighted by Crippen LogP contribution is 2.27. The molecule has 2 rings (SSSR count). The monoisotopic (exact) mass is 224 g/mol. The van der Waals surface area contributed by atoms with Gasteiger partial charge in [-0.1, -0.05) is 29.3 Å². The van der Waals surface area contributed by atoms with Crippen molar-refractivity contribution in [3.63, 3.8) is 0 Å². The molecule has 1 aromatic carbocycles. The molecule has 2 nitrogen and oxygen atoms in total. The van der Waals surface area contributed by atoms with E-state index >= 15 is 0 Å². The number of halogens is 2. The maximum Gasteiger partial charge on any atom is 0.0598 e. The van der Waals surface area contributed by atoms with Gasteiger partial charge < -0.3 is 0 Å². The van der Waals surface area contributed by atoms with E-state index in [-0.39, 0.29) is 0 Å². The van der Waals surface area contributed by atoms with Gasteiger partial charge in [-0.3, -0.25) is 0 Å². The van der Waals surface area contributed by atoms with Gasteiger partial charge in [0.2, 0.25) is 0 Å². The molecule has 0 saturated carbocycles. The van der Waals surface area contributed by atoms with Gasteiger partial charge in [-0.2, -0.15) is 10.2 Å². The molecule has 1 heterocycles. The lowest BCUT2D eigenvalue weighted by molar-refractivity contribution is 1.03. The van der Waals surface area contributed by atoms with Gasteiger partial charge in [0.05, 0.1) is 22.4 Å². The van der Waals surface area contributed by atoms with Gasteiger partial charge >= 0.3 is 0 Å². The van der Waals surface area contributed by atoms with E-state index < -0.39 is 0 Å². The van der Waals surface area contributed by atoms with Crippen molar-refractivity contribution < 1.29 is 0 Å². The number of hydrogen-bond acceptors (Lipinski definition) is 2. The number of hydrogen-bond donors (Lipinski definition) is 0. The summed E-state index contributed by atoms with van der Waals surface area (Å²) in [6.45, 7) is 0. The summed E-state index contributed by atoms with van der Waals surface area (Å²) in [7, 11) is 0. The fraction of sp³-hybridized carbons (Fsp3) is 0. The first-order valence-electron chi connectivity index (χ1n) is 3.99. The van der Waals surface area contributed by atoms with E-state index in [2.05, 4.69) is 10.2 Å². The lowest BCUT2D eigenvalue weighted by Crippen LogP contribution is -1.82. The third-order valence-corrected chi connectivity index (χ3v) is 2.58. The predicted molar refractivity (Wildman–Crippen MR) is 57.5 cm³/mol. The Morgan fingerprint density at radius 2 is 1.71 bits per heavy atom. The number of rotatable bonds is 1. The van der Waals surface area contributed by atoms with Gasteiger partial charge in [0, 0.05) is 5.56 Å². The van der Waals surface area contributed by atoms with Crippen LogP contribution in [0.3, 0.4) is 0 Å². The van der Waals surface area contributed by atoms with Gasteiger partial charge in [0.25, 0.3) is 0 Å². The van der Waals surface area contributed by atoms with E-state index in [1.54, 1.807) is 24.5 Å². The summed E-state index contributed by atoms with van der Waals surface area (Å²) < 4.78 is 0. The van der Waals surface area contributed by atoms with Gasteiger partial charge in [-0.05, 0) is 23.8 Å². The fourth-order valence-electron chi connectivity index (χ4n) is 1.14. The molecule has 0 bridgehead atoms. The van der Waals surface area contributed by atoms with Crippen molar-refractivity contribution in [1.29, 1.82) is 0 Å². The molecular formula is C10H6Cl2N2. The molecule has 0 unspecified atom stereocenters. The van der Waals surface area contributed by atoms with Crippen molar-refractivity contribution in [3.8, 4) is 11.1 Å². The summed E-state index contributed by atoms with van der Waals surface area (Å²) in [5.41, 5.74) is 1.95. The number of aromatic nitrogens is 2. The molecule has 0 radical (unpaired) electrons. The van der Waals surface area contributed by atoms with E-state index in [4.69, 9.17) is 23.2 Å².